The van der Waals surface area contributed by atoms with Crippen LogP contribution in [0.4, 0.5) is 4.79 Å². The lowest BCUT2D eigenvalue weighted by atomic mass is 10.1. The number of carbonyl (C=O) groups excluding carboxylic acids is 1. The summed E-state index contributed by atoms with van der Waals surface area (Å²) in [5, 5.41) is 0. The molecule has 1 atom stereocenters. The molecule has 0 unspecified atom stereocenters. The number of hydrogen-bond donors (Lipinski definition) is 0. The van der Waals surface area contributed by atoms with Crippen molar-refractivity contribution in [3.63, 3.8) is 0 Å². The van der Waals surface area contributed by atoms with Crippen molar-refractivity contribution in [1.82, 2.24) is 9.88 Å². The van der Waals surface area contributed by atoms with E-state index < -0.39 is 5.60 Å². The number of pyridine rings is 1. The third kappa shape index (κ3) is 6.24. The van der Waals surface area contributed by atoms with Crippen LogP contribution in [0.5, 0.6) is 0 Å². The van der Waals surface area contributed by atoms with Crippen LogP contribution in [-0.2, 0) is 4.74 Å². The van der Waals surface area contributed by atoms with E-state index in [9.17, 15) is 4.79 Å². The SMILES string of the molecule is C#C[C@H]1CCN(C(=O)OC(C)(C)C)C1.c1ccncc1. The topological polar surface area (TPSA) is 42.4 Å². The standard InChI is InChI=1S/C11H17NO2.C5H5N/c1-5-9-6-7-12(8-9)10(13)14-11(2,3)4;1-2-4-6-5-3-1/h1,9H,6-8H2,2-4H3;1-5H/t9-;/m0./s1. The van der Waals surface area contributed by atoms with Crippen LogP contribution in [0.1, 0.15) is 27.2 Å². The van der Waals surface area contributed by atoms with Crippen LogP contribution < -0.4 is 0 Å². The summed E-state index contributed by atoms with van der Waals surface area (Å²) in [7, 11) is 0. The highest BCUT2D eigenvalue weighted by Crippen LogP contribution is 2.18. The van der Waals surface area contributed by atoms with Gasteiger partial charge in [-0.1, -0.05) is 6.07 Å². The third-order valence-corrected chi connectivity index (χ3v) is 2.64. The summed E-state index contributed by atoms with van der Waals surface area (Å²) in [5.41, 5.74) is -0.425. The Morgan fingerprint density at radius 3 is 2.35 bits per heavy atom. The van der Waals surface area contributed by atoms with Gasteiger partial charge in [0.15, 0.2) is 0 Å². The van der Waals surface area contributed by atoms with Gasteiger partial charge in [0.2, 0.25) is 0 Å². The average Bonchev–Trinajstić information content (AvgIpc) is 2.88. The van der Waals surface area contributed by atoms with Gasteiger partial charge >= 0.3 is 6.09 Å². The maximum absolute atomic E-state index is 11.6. The van der Waals surface area contributed by atoms with Crippen molar-refractivity contribution in [2.45, 2.75) is 32.8 Å². The summed E-state index contributed by atoms with van der Waals surface area (Å²) in [5.74, 6) is 2.86. The second kappa shape index (κ2) is 7.54. The molecule has 1 aliphatic heterocycles. The van der Waals surface area contributed by atoms with Crippen molar-refractivity contribution in [3.8, 4) is 12.3 Å². The molecule has 0 bridgehead atoms. The minimum Gasteiger partial charge on any atom is -0.444 e. The zero-order valence-corrected chi connectivity index (χ0v) is 12.4. The van der Waals surface area contributed by atoms with Crippen molar-refractivity contribution >= 4 is 6.09 Å². The molecule has 108 valence electrons. The fourth-order valence-corrected chi connectivity index (χ4v) is 1.70. The van der Waals surface area contributed by atoms with Crippen LogP contribution in [0.15, 0.2) is 30.6 Å². The first-order valence-electron chi connectivity index (χ1n) is 6.71. The average molecular weight is 274 g/mol. The van der Waals surface area contributed by atoms with Crippen molar-refractivity contribution in [1.29, 1.82) is 0 Å². The molecule has 0 saturated carbocycles. The second-order valence-corrected chi connectivity index (χ2v) is 5.60. The number of aromatic nitrogens is 1. The molecule has 1 fully saturated rings. The summed E-state index contributed by atoms with van der Waals surface area (Å²) < 4.78 is 5.23. The Kier molecular flexibility index (Phi) is 6.05. The molecule has 0 N–H and O–H groups in total. The van der Waals surface area contributed by atoms with Crippen molar-refractivity contribution in [2.75, 3.05) is 13.1 Å². The van der Waals surface area contributed by atoms with E-state index in [-0.39, 0.29) is 12.0 Å². The number of hydrogen-bond acceptors (Lipinski definition) is 3. The maximum Gasteiger partial charge on any atom is 0.410 e. The van der Waals surface area contributed by atoms with Gasteiger partial charge in [-0.05, 0) is 39.3 Å². The van der Waals surface area contributed by atoms with Crippen LogP contribution in [0.3, 0.4) is 0 Å². The lowest BCUT2D eigenvalue weighted by Crippen LogP contribution is -2.35. The van der Waals surface area contributed by atoms with E-state index in [4.69, 9.17) is 11.2 Å². The number of terminal acetylenes is 1. The van der Waals surface area contributed by atoms with Gasteiger partial charge in [-0.3, -0.25) is 4.98 Å². The Balaban J connectivity index is 0.000000276. The lowest BCUT2D eigenvalue weighted by molar-refractivity contribution is 0.0291. The molecule has 1 aromatic rings. The molecule has 2 rings (SSSR count). The monoisotopic (exact) mass is 274 g/mol. The highest BCUT2D eigenvalue weighted by Gasteiger charge is 2.28. The smallest absolute Gasteiger partial charge is 0.410 e. The number of likely N-dealkylation sites (tertiary alicyclic amines) is 1. The quantitative estimate of drug-likeness (QED) is 0.683. The minimum absolute atomic E-state index is 0.197. The minimum atomic E-state index is -0.425. The van der Waals surface area contributed by atoms with E-state index in [2.05, 4.69) is 10.9 Å². The zero-order chi connectivity index (χ0) is 15.0. The molecular formula is C16H22N2O2. The molecule has 4 heteroatoms. The highest BCUT2D eigenvalue weighted by atomic mass is 16.6. The van der Waals surface area contributed by atoms with E-state index in [0.717, 1.165) is 6.42 Å². The van der Waals surface area contributed by atoms with Crippen molar-refractivity contribution < 1.29 is 9.53 Å². The Bertz CT molecular complexity index is 419. The number of nitrogens with zero attached hydrogens (tertiary/aromatic N) is 2. The van der Waals surface area contributed by atoms with Crippen molar-refractivity contribution in [3.05, 3.63) is 30.6 Å². The number of carbonyl (C=O) groups is 1. The largest absolute Gasteiger partial charge is 0.444 e. The van der Waals surface area contributed by atoms with Gasteiger partial charge in [0, 0.05) is 31.4 Å². The third-order valence-electron chi connectivity index (χ3n) is 2.64. The molecular weight excluding hydrogens is 252 g/mol. The number of rotatable bonds is 0. The van der Waals surface area contributed by atoms with E-state index in [0.29, 0.717) is 13.1 Å². The summed E-state index contributed by atoms with van der Waals surface area (Å²) in [6, 6.07) is 5.72. The molecule has 2 heterocycles. The van der Waals surface area contributed by atoms with Gasteiger partial charge < -0.3 is 9.64 Å². The van der Waals surface area contributed by atoms with E-state index >= 15 is 0 Å². The Morgan fingerprint density at radius 1 is 1.35 bits per heavy atom. The van der Waals surface area contributed by atoms with Crippen LogP contribution in [0.25, 0.3) is 0 Å². The predicted octanol–water partition coefficient (Wildman–Crippen LogP) is 2.96. The number of amides is 1. The first kappa shape index (κ1) is 16.0. The molecule has 0 radical (unpaired) electrons. The summed E-state index contributed by atoms with van der Waals surface area (Å²) >= 11 is 0. The first-order valence-corrected chi connectivity index (χ1v) is 6.71. The normalized spacial score (nSPS) is 17.7. The predicted molar refractivity (Wildman–Crippen MR) is 79.0 cm³/mol. The molecule has 0 aliphatic carbocycles. The first-order chi connectivity index (χ1) is 9.42. The van der Waals surface area contributed by atoms with Crippen LogP contribution in [-0.4, -0.2) is 34.7 Å². The van der Waals surface area contributed by atoms with E-state index in [1.165, 1.54) is 0 Å². The van der Waals surface area contributed by atoms with Crippen LogP contribution in [0, 0.1) is 18.3 Å². The molecule has 1 aliphatic rings. The van der Waals surface area contributed by atoms with Gasteiger partial charge in [0.05, 0.1) is 0 Å². The fourth-order valence-electron chi connectivity index (χ4n) is 1.70. The molecule has 1 aromatic heterocycles. The molecule has 20 heavy (non-hydrogen) atoms. The summed E-state index contributed by atoms with van der Waals surface area (Å²) in [4.78, 5) is 17.0. The van der Waals surface area contributed by atoms with E-state index in [1.807, 2.05) is 39.0 Å². The second-order valence-electron chi connectivity index (χ2n) is 5.60. The maximum atomic E-state index is 11.6. The van der Waals surface area contributed by atoms with Gasteiger partial charge in [-0.25, -0.2) is 4.79 Å². The molecule has 4 nitrogen and oxygen atoms in total. The molecule has 1 amide bonds. The Labute approximate surface area is 121 Å². The van der Waals surface area contributed by atoms with Crippen LogP contribution in [0.2, 0.25) is 0 Å². The molecule has 0 aromatic carbocycles. The van der Waals surface area contributed by atoms with Gasteiger partial charge in [0.25, 0.3) is 0 Å². The lowest BCUT2D eigenvalue weighted by Gasteiger charge is -2.24. The number of ether oxygens (including phenoxy) is 1. The Hall–Kier alpha value is -2.02. The summed E-state index contributed by atoms with van der Waals surface area (Å²) in [6.45, 7) is 6.92. The van der Waals surface area contributed by atoms with E-state index in [1.54, 1.807) is 17.3 Å². The Morgan fingerprint density at radius 2 is 2.00 bits per heavy atom. The van der Waals surface area contributed by atoms with Crippen LogP contribution >= 0.6 is 0 Å². The van der Waals surface area contributed by atoms with Gasteiger partial charge in [-0.2, -0.15) is 0 Å². The zero-order valence-electron chi connectivity index (χ0n) is 12.4. The molecule has 0 spiro atoms. The van der Waals surface area contributed by atoms with Gasteiger partial charge in [-0.15, -0.1) is 12.3 Å². The summed E-state index contributed by atoms with van der Waals surface area (Å²) in [6.07, 6.45) is 9.42. The molecule has 1 saturated heterocycles. The van der Waals surface area contributed by atoms with Crippen molar-refractivity contribution in [2.24, 2.45) is 5.92 Å². The van der Waals surface area contributed by atoms with Gasteiger partial charge in [0.1, 0.15) is 5.60 Å². The highest BCUT2D eigenvalue weighted by molar-refractivity contribution is 5.68. The fraction of sp³-hybridized carbons (Fsp3) is 0.500.